The third-order valence-corrected chi connectivity index (χ3v) is 2.34. The minimum Gasteiger partial charge on any atom is -0.325 e. The Bertz CT molecular complexity index is 485. The normalized spacial score (nSPS) is 10.1. The van der Waals surface area contributed by atoms with Gasteiger partial charge in [0, 0.05) is 6.54 Å². The van der Waals surface area contributed by atoms with Crippen LogP contribution in [0.5, 0.6) is 0 Å². The molecule has 2 N–H and O–H groups in total. The number of nitrogens with two attached hydrogens (primary N) is 1. The van der Waals surface area contributed by atoms with Crippen molar-refractivity contribution in [1.82, 2.24) is 9.97 Å². The molecule has 15 heavy (non-hydrogen) atoms. The van der Waals surface area contributed by atoms with E-state index in [1.165, 1.54) is 0 Å². The van der Waals surface area contributed by atoms with Crippen LogP contribution in [0.15, 0.2) is 18.2 Å². The molecular formula is C10H11Cl2N3. The van der Waals surface area contributed by atoms with E-state index in [1.54, 1.807) is 0 Å². The van der Waals surface area contributed by atoms with Gasteiger partial charge in [-0.15, -0.1) is 12.4 Å². The van der Waals surface area contributed by atoms with Gasteiger partial charge in [0.05, 0.1) is 16.7 Å². The van der Waals surface area contributed by atoms with Crippen LogP contribution < -0.4 is 5.73 Å². The van der Waals surface area contributed by atoms with Crippen molar-refractivity contribution in [3.05, 3.63) is 34.6 Å². The summed E-state index contributed by atoms with van der Waals surface area (Å²) in [4.78, 5) is 8.55. The molecule has 0 spiro atoms. The first-order valence-corrected chi connectivity index (χ1v) is 4.71. The Balaban J connectivity index is 0.00000112. The molecule has 0 aliphatic carbocycles. The minimum atomic E-state index is 0. The zero-order valence-electron chi connectivity index (χ0n) is 8.20. The minimum absolute atomic E-state index is 0. The molecule has 0 fully saturated rings. The number of aryl methyl sites for hydroxylation is 1. The van der Waals surface area contributed by atoms with Crippen LogP contribution in [-0.2, 0) is 6.54 Å². The molecule has 0 saturated carbocycles. The zero-order valence-corrected chi connectivity index (χ0v) is 9.77. The molecule has 0 aliphatic heterocycles. The average molecular weight is 244 g/mol. The quantitative estimate of drug-likeness (QED) is 0.838. The van der Waals surface area contributed by atoms with E-state index in [0.717, 1.165) is 16.6 Å². The molecule has 1 aromatic carbocycles. The number of aromatic nitrogens is 2. The van der Waals surface area contributed by atoms with Crippen molar-refractivity contribution in [2.75, 3.05) is 0 Å². The van der Waals surface area contributed by atoms with E-state index in [2.05, 4.69) is 9.97 Å². The van der Waals surface area contributed by atoms with Crippen molar-refractivity contribution in [3.8, 4) is 0 Å². The van der Waals surface area contributed by atoms with Crippen molar-refractivity contribution < 1.29 is 0 Å². The highest BCUT2D eigenvalue weighted by molar-refractivity contribution is 6.30. The van der Waals surface area contributed by atoms with E-state index in [-0.39, 0.29) is 12.4 Å². The van der Waals surface area contributed by atoms with Gasteiger partial charge in [0.2, 0.25) is 0 Å². The summed E-state index contributed by atoms with van der Waals surface area (Å²) >= 11 is 5.90. The van der Waals surface area contributed by atoms with Crippen LogP contribution in [-0.4, -0.2) is 9.97 Å². The highest BCUT2D eigenvalue weighted by Crippen LogP contribution is 2.17. The standard InChI is InChI=1S/C10H10ClN3.ClH/c1-6-2-3-7-8(4-6)14-10(11)9(5-12)13-7;/h2-4H,5,12H2,1H3;1H. The van der Waals surface area contributed by atoms with Crippen LogP contribution in [0.2, 0.25) is 5.15 Å². The molecule has 0 radical (unpaired) electrons. The molecule has 0 saturated heterocycles. The van der Waals surface area contributed by atoms with Crippen LogP contribution in [0.25, 0.3) is 11.0 Å². The Morgan fingerprint density at radius 1 is 1.27 bits per heavy atom. The smallest absolute Gasteiger partial charge is 0.152 e. The van der Waals surface area contributed by atoms with Crippen LogP contribution in [0.4, 0.5) is 0 Å². The number of fused-ring (bicyclic) bond motifs is 1. The Hall–Kier alpha value is -0.900. The number of hydrogen-bond acceptors (Lipinski definition) is 3. The molecule has 0 atom stereocenters. The summed E-state index contributed by atoms with van der Waals surface area (Å²) in [5, 5.41) is 0.394. The lowest BCUT2D eigenvalue weighted by atomic mass is 10.2. The van der Waals surface area contributed by atoms with Crippen LogP contribution in [0.1, 0.15) is 11.3 Å². The fraction of sp³-hybridized carbons (Fsp3) is 0.200. The maximum Gasteiger partial charge on any atom is 0.152 e. The lowest BCUT2D eigenvalue weighted by molar-refractivity contribution is 0.988. The van der Waals surface area contributed by atoms with Gasteiger partial charge < -0.3 is 5.73 Å². The van der Waals surface area contributed by atoms with Gasteiger partial charge in [0.15, 0.2) is 5.15 Å². The molecule has 0 bridgehead atoms. The first-order chi connectivity index (χ1) is 6.70. The van der Waals surface area contributed by atoms with Crippen molar-refractivity contribution in [3.63, 3.8) is 0 Å². The Kier molecular flexibility index (Phi) is 3.85. The number of nitrogens with zero attached hydrogens (tertiary/aromatic N) is 2. The number of hydrogen-bond donors (Lipinski definition) is 1. The van der Waals surface area contributed by atoms with Gasteiger partial charge in [-0.05, 0) is 24.6 Å². The lowest BCUT2D eigenvalue weighted by Crippen LogP contribution is -2.02. The first kappa shape index (κ1) is 12.2. The summed E-state index contributed by atoms with van der Waals surface area (Å²) < 4.78 is 0. The molecule has 2 aromatic rings. The second-order valence-electron chi connectivity index (χ2n) is 3.16. The Morgan fingerprint density at radius 2 is 2.00 bits per heavy atom. The molecule has 1 aromatic heterocycles. The second-order valence-corrected chi connectivity index (χ2v) is 3.52. The van der Waals surface area contributed by atoms with Crippen molar-refractivity contribution in [2.24, 2.45) is 5.73 Å². The van der Waals surface area contributed by atoms with E-state index < -0.39 is 0 Å². The Labute approximate surface area is 99.1 Å². The van der Waals surface area contributed by atoms with E-state index in [9.17, 15) is 0 Å². The molecule has 3 nitrogen and oxygen atoms in total. The SMILES string of the molecule is Cc1ccc2nc(CN)c(Cl)nc2c1.Cl. The summed E-state index contributed by atoms with van der Waals surface area (Å²) in [7, 11) is 0. The summed E-state index contributed by atoms with van der Waals surface area (Å²) in [6.45, 7) is 2.32. The first-order valence-electron chi connectivity index (χ1n) is 4.33. The largest absolute Gasteiger partial charge is 0.325 e. The topological polar surface area (TPSA) is 51.8 Å². The Morgan fingerprint density at radius 3 is 2.67 bits per heavy atom. The second kappa shape index (κ2) is 4.75. The summed E-state index contributed by atoms with van der Waals surface area (Å²) in [5.41, 5.74) is 8.91. The van der Waals surface area contributed by atoms with Crippen LogP contribution in [0, 0.1) is 6.92 Å². The molecule has 80 valence electrons. The van der Waals surface area contributed by atoms with Gasteiger partial charge in [0.1, 0.15) is 0 Å². The molecule has 0 amide bonds. The van der Waals surface area contributed by atoms with Gasteiger partial charge >= 0.3 is 0 Å². The summed E-state index contributed by atoms with van der Waals surface area (Å²) in [6, 6.07) is 5.87. The van der Waals surface area contributed by atoms with Gasteiger partial charge in [-0.3, -0.25) is 0 Å². The van der Waals surface area contributed by atoms with E-state index in [0.29, 0.717) is 17.4 Å². The van der Waals surface area contributed by atoms with Crippen molar-refractivity contribution >= 4 is 35.0 Å². The fourth-order valence-corrected chi connectivity index (χ4v) is 1.52. The molecule has 2 rings (SSSR count). The molecule has 0 aliphatic rings. The number of rotatable bonds is 1. The van der Waals surface area contributed by atoms with Gasteiger partial charge in [0.25, 0.3) is 0 Å². The van der Waals surface area contributed by atoms with Gasteiger partial charge in [-0.25, -0.2) is 9.97 Å². The predicted octanol–water partition coefficient (Wildman–Crippen LogP) is 2.47. The monoisotopic (exact) mass is 243 g/mol. The molecule has 0 unspecified atom stereocenters. The fourth-order valence-electron chi connectivity index (χ4n) is 1.31. The predicted molar refractivity (Wildman–Crippen MR) is 64.4 cm³/mol. The zero-order chi connectivity index (χ0) is 10.1. The third kappa shape index (κ3) is 2.37. The van der Waals surface area contributed by atoms with E-state index >= 15 is 0 Å². The average Bonchev–Trinajstić information content (AvgIpc) is 2.16. The molecule has 5 heteroatoms. The van der Waals surface area contributed by atoms with E-state index in [1.807, 2.05) is 25.1 Å². The molecular weight excluding hydrogens is 233 g/mol. The highest BCUT2D eigenvalue weighted by atomic mass is 35.5. The maximum absolute atomic E-state index is 5.90. The highest BCUT2D eigenvalue weighted by Gasteiger charge is 2.04. The lowest BCUT2D eigenvalue weighted by Gasteiger charge is -2.03. The maximum atomic E-state index is 5.90. The summed E-state index contributed by atoms with van der Waals surface area (Å²) in [5.74, 6) is 0. The van der Waals surface area contributed by atoms with Crippen molar-refractivity contribution in [2.45, 2.75) is 13.5 Å². The van der Waals surface area contributed by atoms with E-state index in [4.69, 9.17) is 17.3 Å². The molecule has 1 heterocycles. The third-order valence-electron chi connectivity index (χ3n) is 2.04. The summed E-state index contributed by atoms with van der Waals surface area (Å²) in [6.07, 6.45) is 0. The number of benzene rings is 1. The van der Waals surface area contributed by atoms with Gasteiger partial charge in [-0.2, -0.15) is 0 Å². The number of halogens is 2. The van der Waals surface area contributed by atoms with Crippen LogP contribution in [0.3, 0.4) is 0 Å². The van der Waals surface area contributed by atoms with Crippen LogP contribution >= 0.6 is 24.0 Å². The van der Waals surface area contributed by atoms with Crippen molar-refractivity contribution in [1.29, 1.82) is 0 Å². The van der Waals surface area contributed by atoms with Gasteiger partial charge in [-0.1, -0.05) is 17.7 Å².